The van der Waals surface area contributed by atoms with Crippen molar-refractivity contribution in [2.24, 2.45) is 34.0 Å². The number of aliphatic hydroxyl groups excluding tert-OH is 2. The maximum Gasteiger partial charge on any atom is 0.334 e. The molecule has 2 aliphatic heterocycles. The van der Waals surface area contributed by atoms with E-state index in [1.54, 1.807) is 0 Å². The number of hydrogen-bond acceptors (Lipinski definition) is 7. The Hall–Kier alpha value is -1.44. The summed E-state index contributed by atoms with van der Waals surface area (Å²) in [5, 5.41) is 20.1. The van der Waals surface area contributed by atoms with Gasteiger partial charge in [-0.25, -0.2) is 9.59 Å². The molecule has 0 amide bonds. The van der Waals surface area contributed by atoms with Gasteiger partial charge in [0.25, 0.3) is 0 Å². The van der Waals surface area contributed by atoms with Crippen LogP contribution >= 0.6 is 0 Å². The second kappa shape index (κ2) is 8.29. The van der Waals surface area contributed by atoms with Gasteiger partial charge in [-0.2, -0.15) is 0 Å². The number of hydrogen-bond donors (Lipinski definition) is 2. The number of rotatable bonds is 4. The van der Waals surface area contributed by atoms with E-state index in [1.807, 2.05) is 0 Å². The Balaban J connectivity index is 1.50. The van der Waals surface area contributed by atoms with Crippen LogP contribution in [0.5, 0.6) is 0 Å². The number of carbonyl (C=O) groups excluding carboxylic acids is 2. The summed E-state index contributed by atoms with van der Waals surface area (Å²) in [5.74, 6) is 0.113. The molecule has 7 nitrogen and oxygen atoms in total. The van der Waals surface area contributed by atoms with Gasteiger partial charge < -0.3 is 24.4 Å². The van der Waals surface area contributed by atoms with Crippen molar-refractivity contribution in [3.8, 4) is 0 Å². The highest BCUT2D eigenvalue weighted by atomic mass is 16.6. The molecule has 4 fully saturated rings. The summed E-state index contributed by atoms with van der Waals surface area (Å²) in [6, 6.07) is 0. The average Bonchev–Trinajstić information content (AvgIpc) is 3.31. The zero-order chi connectivity index (χ0) is 25.4. The first-order chi connectivity index (χ1) is 16.3. The molecule has 35 heavy (non-hydrogen) atoms. The van der Waals surface area contributed by atoms with Crippen molar-refractivity contribution in [2.45, 2.75) is 110 Å². The largest absolute Gasteiger partial charge is 0.461 e. The maximum absolute atomic E-state index is 12.2. The lowest BCUT2D eigenvalue weighted by atomic mass is 9.38. The smallest absolute Gasteiger partial charge is 0.334 e. The van der Waals surface area contributed by atoms with E-state index < -0.39 is 36.0 Å². The number of fused-ring (bicyclic) bond motifs is 5. The summed E-state index contributed by atoms with van der Waals surface area (Å²) in [6.45, 7) is 11.3. The van der Waals surface area contributed by atoms with E-state index in [4.69, 9.17) is 14.2 Å². The van der Waals surface area contributed by atoms with Crippen molar-refractivity contribution < 1.29 is 34.0 Å². The summed E-state index contributed by atoms with van der Waals surface area (Å²) in [6.07, 6.45) is 6.85. The van der Waals surface area contributed by atoms with Crippen molar-refractivity contribution in [1.29, 1.82) is 0 Å². The summed E-state index contributed by atoms with van der Waals surface area (Å²) in [5.41, 5.74) is 0.323. The third-order valence-electron chi connectivity index (χ3n) is 10.9. The molecule has 1 saturated heterocycles. The van der Waals surface area contributed by atoms with Crippen LogP contribution in [0, 0.1) is 34.0 Å². The lowest BCUT2D eigenvalue weighted by Crippen LogP contribution is -2.63. The van der Waals surface area contributed by atoms with Gasteiger partial charge in [-0.05, 0) is 85.9 Å². The van der Waals surface area contributed by atoms with Crippen LogP contribution in [0.3, 0.4) is 0 Å². The summed E-state index contributed by atoms with van der Waals surface area (Å²) < 4.78 is 17.3. The van der Waals surface area contributed by atoms with Gasteiger partial charge in [0.2, 0.25) is 6.29 Å². The molecule has 2 heterocycles. The van der Waals surface area contributed by atoms with Gasteiger partial charge in [-0.15, -0.1) is 0 Å². The molecule has 3 aliphatic carbocycles. The Bertz CT molecular complexity index is 924. The number of esters is 2. The highest BCUT2D eigenvalue weighted by molar-refractivity contribution is 5.85. The fourth-order valence-electron chi connectivity index (χ4n) is 9.49. The number of carbonyl (C=O) groups is 2. The fraction of sp³-hybridized carbons (Fsp3) is 0.857. The molecular formula is C28H42O7. The quantitative estimate of drug-likeness (QED) is 0.576. The molecule has 0 bridgehead atoms. The van der Waals surface area contributed by atoms with Crippen molar-refractivity contribution in [1.82, 2.24) is 0 Å². The third kappa shape index (κ3) is 3.79. The molecule has 5 rings (SSSR count). The van der Waals surface area contributed by atoms with Gasteiger partial charge in [0.1, 0.15) is 18.3 Å². The predicted octanol–water partition coefficient (Wildman–Crippen LogP) is 3.90. The minimum absolute atomic E-state index is 0.0160. The highest BCUT2D eigenvalue weighted by Crippen LogP contribution is 2.71. The molecule has 0 radical (unpaired) electrons. The molecule has 3 saturated carbocycles. The summed E-state index contributed by atoms with van der Waals surface area (Å²) >= 11 is 0. The zero-order valence-electron chi connectivity index (χ0n) is 21.8. The van der Waals surface area contributed by atoms with E-state index in [0.717, 1.165) is 19.3 Å². The number of cyclic esters (lactones) is 1. The number of aliphatic hydroxyl groups is 2. The fourth-order valence-corrected chi connectivity index (χ4v) is 9.49. The van der Waals surface area contributed by atoms with Crippen molar-refractivity contribution >= 4 is 11.9 Å². The van der Waals surface area contributed by atoms with Crippen LogP contribution in [0.25, 0.3) is 0 Å². The van der Waals surface area contributed by atoms with Crippen LogP contribution < -0.4 is 0 Å². The van der Waals surface area contributed by atoms with Gasteiger partial charge >= 0.3 is 11.9 Å². The van der Waals surface area contributed by atoms with E-state index in [2.05, 4.69) is 27.7 Å². The first-order valence-corrected chi connectivity index (χ1v) is 13.5. The molecule has 0 unspecified atom stereocenters. The molecule has 0 aromatic rings. The normalized spacial score (nSPS) is 47.1. The van der Waals surface area contributed by atoms with Gasteiger partial charge in [-0.3, -0.25) is 0 Å². The van der Waals surface area contributed by atoms with Crippen molar-refractivity contribution in [3.05, 3.63) is 11.6 Å². The standard InChI is InChI=1S/C28H42O7/c1-16(29)23(31)33-15-28-12-8-20-26(4)10-6-9-25(2,3)19(26)7-11-27(20,5)21(28)14-18(35-28)17-13-22(30)34-24(17)32/h13,16,18-21,24,29,32H,6-12,14-15H2,1-5H3/t16-,18-,19+,20-,21+,24-,26-,27-,28+/m0/s1. The molecule has 5 aliphatic rings. The van der Waals surface area contributed by atoms with E-state index >= 15 is 0 Å². The van der Waals surface area contributed by atoms with Gasteiger partial charge in [0.15, 0.2) is 0 Å². The van der Waals surface area contributed by atoms with Crippen LogP contribution in [0.2, 0.25) is 0 Å². The van der Waals surface area contributed by atoms with Crippen LogP contribution in [0.4, 0.5) is 0 Å². The van der Waals surface area contributed by atoms with Gasteiger partial charge in [0, 0.05) is 11.6 Å². The molecule has 2 N–H and O–H groups in total. The lowest BCUT2D eigenvalue weighted by Gasteiger charge is -2.67. The molecule has 0 spiro atoms. The molecule has 0 aromatic carbocycles. The topological polar surface area (TPSA) is 102 Å². The molecule has 0 aromatic heterocycles. The number of ether oxygens (including phenoxy) is 3. The predicted molar refractivity (Wildman–Crippen MR) is 128 cm³/mol. The first kappa shape index (κ1) is 25.2. The molecule has 196 valence electrons. The first-order valence-electron chi connectivity index (χ1n) is 13.5. The molecular weight excluding hydrogens is 448 g/mol. The van der Waals surface area contributed by atoms with Crippen LogP contribution in [0.1, 0.15) is 86.0 Å². The minimum Gasteiger partial charge on any atom is -0.461 e. The minimum atomic E-state index is -1.29. The Kier molecular flexibility index (Phi) is 5.97. The second-order valence-electron chi connectivity index (χ2n) is 13.2. The lowest BCUT2D eigenvalue weighted by molar-refractivity contribution is -0.218. The van der Waals surface area contributed by atoms with Gasteiger partial charge in [0.05, 0.1) is 6.10 Å². The third-order valence-corrected chi connectivity index (χ3v) is 10.9. The van der Waals surface area contributed by atoms with E-state index in [0.29, 0.717) is 29.2 Å². The Labute approximate surface area is 208 Å². The monoisotopic (exact) mass is 490 g/mol. The van der Waals surface area contributed by atoms with Crippen LogP contribution in [-0.4, -0.2) is 52.9 Å². The second-order valence-corrected chi connectivity index (χ2v) is 13.2. The average molecular weight is 491 g/mol. The molecule has 7 heteroatoms. The van der Waals surface area contributed by atoms with E-state index in [1.165, 1.54) is 38.7 Å². The maximum atomic E-state index is 12.2. The van der Waals surface area contributed by atoms with Crippen LogP contribution in [-0.2, 0) is 23.8 Å². The Morgan fingerprint density at radius 3 is 2.43 bits per heavy atom. The SMILES string of the molecule is C[C@H](O)C(=O)OC[C@]12CC[C@@H]3[C@](C)(CC[C@@H]4C(C)(C)CCC[C@]34C)[C@H]1C[C@@H](C1=CC(=O)O[C@@H]1O)O2. The summed E-state index contributed by atoms with van der Waals surface area (Å²) in [7, 11) is 0. The molecule has 9 atom stereocenters. The zero-order valence-corrected chi connectivity index (χ0v) is 21.8. The van der Waals surface area contributed by atoms with Crippen molar-refractivity contribution in [3.63, 3.8) is 0 Å². The highest BCUT2D eigenvalue weighted by Gasteiger charge is 2.68. The van der Waals surface area contributed by atoms with Gasteiger partial charge in [-0.1, -0.05) is 34.1 Å². The van der Waals surface area contributed by atoms with E-state index in [9.17, 15) is 19.8 Å². The van der Waals surface area contributed by atoms with Crippen LogP contribution in [0.15, 0.2) is 11.6 Å². The Morgan fingerprint density at radius 1 is 1.09 bits per heavy atom. The van der Waals surface area contributed by atoms with Crippen molar-refractivity contribution in [2.75, 3.05) is 6.61 Å². The van der Waals surface area contributed by atoms with E-state index in [-0.39, 0.29) is 23.4 Å². The summed E-state index contributed by atoms with van der Waals surface area (Å²) in [4.78, 5) is 24.1. The Morgan fingerprint density at radius 2 is 1.77 bits per heavy atom.